The van der Waals surface area contributed by atoms with E-state index in [4.69, 9.17) is 4.74 Å². The summed E-state index contributed by atoms with van der Waals surface area (Å²) >= 11 is 1.38. The molecule has 1 heterocycles. The van der Waals surface area contributed by atoms with Gasteiger partial charge in [0, 0.05) is 11.5 Å². The van der Waals surface area contributed by atoms with Crippen molar-refractivity contribution >= 4 is 22.4 Å². The Morgan fingerprint density at radius 3 is 2.24 bits per heavy atom. The number of anilines is 1. The van der Waals surface area contributed by atoms with E-state index in [0.29, 0.717) is 10.9 Å². The van der Waals surface area contributed by atoms with Gasteiger partial charge in [-0.25, -0.2) is 0 Å². The molecule has 25 heavy (non-hydrogen) atoms. The Morgan fingerprint density at radius 2 is 1.64 bits per heavy atom. The van der Waals surface area contributed by atoms with Crippen molar-refractivity contribution in [2.24, 2.45) is 0 Å². The third-order valence-electron chi connectivity index (χ3n) is 3.50. The number of hydrogen-bond acceptors (Lipinski definition) is 5. The lowest BCUT2D eigenvalue weighted by Gasteiger charge is -2.18. The third kappa shape index (κ3) is 4.42. The van der Waals surface area contributed by atoms with Gasteiger partial charge in [0.2, 0.25) is 11.2 Å². The number of carbonyl (C=O) groups excluding carboxylic acids is 1. The molecule has 128 valence electrons. The first-order chi connectivity index (χ1) is 12.1. The minimum atomic E-state index is -0.769. The molecule has 0 unspecified atom stereocenters. The second-order valence-corrected chi connectivity index (χ2v) is 6.82. The van der Waals surface area contributed by atoms with Crippen LogP contribution >= 0.6 is 11.3 Å². The highest BCUT2D eigenvalue weighted by Crippen LogP contribution is 2.26. The Balaban J connectivity index is 1.81. The van der Waals surface area contributed by atoms with E-state index in [9.17, 15) is 4.79 Å². The van der Waals surface area contributed by atoms with E-state index in [0.717, 1.165) is 10.6 Å². The van der Waals surface area contributed by atoms with Gasteiger partial charge in [0.1, 0.15) is 10.8 Å². The predicted octanol–water partition coefficient (Wildman–Crippen LogP) is 4.42. The number of aromatic nitrogens is 2. The van der Waals surface area contributed by atoms with Gasteiger partial charge in [0.15, 0.2) is 0 Å². The average Bonchev–Trinajstić information content (AvgIpc) is 3.10. The summed E-state index contributed by atoms with van der Waals surface area (Å²) in [4.78, 5) is 12.8. The number of nitrogens with one attached hydrogen (secondary N) is 1. The van der Waals surface area contributed by atoms with Crippen LogP contribution in [0.2, 0.25) is 0 Å². The summed E-state index contributed by atoms with van der Waals surface area (Å²) in [5.74, 6) is 0.627. The Kier molecular flexibility index (Phi) is 5.40. The lowest BCUT2D eigenvalue weighted by molar-refractivity contribution is -0.123. The molecule has 0 spiro atoms. The number of para-hydroxylation sites is 1. The third-order valence-corrected chi connectivity index (χ3v) is 4.64. The number of hydrogen-bond donors (Lipinski definition) is 1. The fourth-order valence-corrected chi connectivity index (χ4v) is 2.97. The van der Waals surface area contributed by atoms with Crippen molar-refractivity contribution < 1.29 is 9.53 Å². The van der Waals surface area contributed by atoms with Gasteiger partial charge in [-0.15, -0.1) is 10.2 Å². The number of amides is 1. The maximum Gasteiger partial charge on any atom is 0.272 e. The van der Waals surface area contributed by atoms with Crippen molar-refractivity contribution in [1.29, 1.82) is 0 Å². The first-order valence-electron chi connectivity index (χ1n) is 8.04. The smallest absolute Gasteiger partial charge is 0.272 e. The van der Waals surface area contributed by atoms with Crippen molar-refractivity contribution in [2.45, 2.75) is 25.9 Å². The van der Waals surface area contributed by atoms with Gasteiger partial charge in [-0.1, -0.05) is 73.7 Å². The summed E-state index contributed by atoms with van der Waals surface area (Å²) in [5, 5.41) is 12.3. The fraction of sp³-hybridized carbons (Fsp3) is 0.211. The molecule has 0 aliphatic heterocycles. The molecule has 0 saturated carbocycles. The highest BCUT2D eigenvalue weighted by molar-refractivity contribution is 7.15. The Labute approximate surface area is 150 Å². The Morgan fingerprint density at radius 1 is 1.00 bits per heavy atom. The summed E-state index contributed by atoms with van der Waals surface area (Å²) < 4.78 is 5.93. The topological polar surface area (TPSA) is 64.1 Å². The predicted molar refractivity (Wildman–Crippen MR) is 98.9 cm³/mol. The molecule has 6 heteroatoms. The number of rotatable bonds is 6. The minimum Gasteiger partial charge on any atom is -0.476 e. The zero-order chi connectivity index (χ0) is 17.6. The molecule has 2 aromatic carbocycles. The molecular weight excluding hydrogens is 334 g/mol. The second-order valence-electron chi connectivity index (χ2n) is 5.81. The van der Waals surface area contributed by atoms with Gasteiger partial charge >= 0.3 is 0 Å². The summed E-state index contributed by atoms with van der Waals surface area (Å²) in [7, 11) is 0. The zero-order valence-electron chi connectivity index (χ0n) is 14.0. The van der Waals surface area contributed by atoms with Crippen LogP contribution in [0, 0.1) is 0 Å². The quantitative estimate of drug-likeness (QED) is 0.712. The number of ether oxygens (including phenoxy) is 1. The van der Waals surface area contributed by atoms with Crippen LogP contribution in [0.4, 0.5) is 5.13 Å². The van der Waals surface area contributed by atoms with E-state index in [2.05, 4.69) is 15.5 Å². The van der Waals surface area contributed by atoms with Crippen molar-refractivity contribution in [1.82, 2.24) is 10.2 Å². The molecule has 1 aromatic heterocycles. The van der Waals surface area contributed by atoms with Crippen LogP contribution in [0.3, 0.4) is 0 Å². The monoisotopic (exact) mass is 353 g/mol. The molecule has 0 aliphatic carbocycles. The van der Waals surface area contributed by atoms with E-state index >= 15 is 0 Å². The van der Waals surface area contributed by atoms with E-state index in [1.54, 1.807) is 0 Å². The van der Waals surface area contributed by atoms with Gasteiger partial charge in [-0.05, 0) is 12.1 Å². The van der Waals surface area contributed by atoms with Crippen molar-refractivity contribution in [3.8, 4) is 5.75 Å². The standard InChI is InChI=1S/C19H19N3O2S/c1-13(2)18-21-22-19(25-18)20-17(23)16(14-9-5-3-6-10-14)24-15-11-7-4-8-12-15/h3-13,16H,1-2H3,(H,20,22,23)/t16-/m0/s1. The van der Waals surface area contributed by atoms with Gasteiger partial charge in [0.05, 0.1) is 0 Å². The molecule has 0 fully saturated rings. The van der Waals surface area contributed by atoms with Crippen LogP contribution in [-0.2, 0) is 4.79 Å². The number of nitrogens with zero attached hydrogens (tertiary/aromatic N) is 2. The van der Waals surface area contributed by atoms with Crippen LogP contribution in [0.1, 0.15) is 36.4 Å². The van der Waals surface area contributed by atoms with Crippen molar-refractivity contribution in [2.75, 3.05) is 5.32 Å². The SMILES string of the molecule is CC(C)c1nnc(NC(=O)[C@@H](Oc2ccccc2)c2ccccc2)s1. The molecule has 0 bridgehead atoms. The van der Waals surface area contributed by atoms with Crippen LogP contribution < -0.4 is 10.1 Å². The molecule has 3 rings (SSSR count). The van der Waals surface area contributed by atoms with E-state index in [1.165, 1.54) is 11.3 Å². The average molecular weight is 353 g/mol. The largest absolute Gasteiger partial charge is 0.476 e. The van der Waals surface area contributed by atoms with E-state index in [1.807, 2.05) is 74.5 Å². The van der Waals surface area contributed by atoms with Gasteiger partial charge in [0.25, 0.3) is 5.91 Å². The first-order valence-corrected chi connectivity index (χ1v) is 8.86. The molecule has 0 saturated heterocycles. The zero-order valence-corrected chi connectivity index (χ0v) is 14.9. The lowest BCUT2D eigenvalue weighted by atomic mass is 10.1. The normalized spacial score (nSPS) is 12.0. The van der Waals surface area contributed by atoms with Crippen molar-refractivity contribution in [3.63, 3.8) is 0 Å². The lowest BCUT2D eigenvalue weighted by Crippen LogP contribution is -2.25. The molecule has 0 aliphatic rings. The summed E-state index contributed by atoms with van der Waals surface area (Å²) in [5.41, 5.74) is 0.775. The molecule has 3 aromatic rings. The van der Waals surface area contributed by atoms with Crippen LogP contribution in [0.5, 0.6) is 5.75 Å². The highest BCUT2D eigenvalue weighted by atomic mass is 32.1. The molecule has 1 atom stereocenters. The summed E-state index contributed by atoms with van der Waals surface area (Å²) in [6.45, 7) is 4.08. The van der Waals surface area contributed by atoms with Crippen LogP contribution in [-0.4, -0.2) is 16.1 Å². The molecular formula is C19H19N3O2S. The molecule has 1 N–H and O–H groups in total. The Hall–Kier alpha value is -2.73. The number of carbonyl (C=O) groups is 1. The second kappa shape index (κ2) is 7.90. The van der Waals surface area contributed by atoms with Crippen LogP contribution in [0.15, 0.2) is 60.7 Å². The van der Waals surface area contributed by atoms with E-state index in [-0.39, 0.29) is 11.8 Å². The van der Waals surface area contributed by atoms with E-state index < -0.39 is 6.10 Å². The molecule has 0 radical (unpaired) electrons. The maximum absolute atomic E-state index is 12.8. The molecule has 5 nitrogen and oxygen atoms in total. The maximum atomic E-state index is 12.8. The Bertz CT molecular complexity index is 819. The molecule has 1 amide bonds. The fourth-order valence-electron chi connectivity index (χ4n) is 2.23. The summed E-state index contributed by atoms with van der Waals surface area (Å²) in [6, 6.07) is 18.7. The van der Waals surface area contributed by atoms with Gasteiger partial charge in [-0.3, -0.25) is 10.1 Å². The summed E-state index contributed by atoms with van der Waals surface area (Å²) in [6.07, 6.45) is -0.769. The van der Waals surface area contributed by atoms with Crippen LogP contribution in [0.25, 0.3) is 0 Å². The van der Waals surface area contributed by atoms with Gasteiger partial charge in [-0.2, -0.15) is 0 Å². The van der Waals surface area contributed by atoms with Crippen molar-refractivity contribution in [3.05, 3.63) is 71.2 Å². The number of benzene rings is 2. The first kappa shape index (κ1) is 17.1. The minimum absolute atomic E-state index is 0.272. The highest BCUT2D eigenvalue weighted by Gasteiger charge is 2.24. The van der Waals surface area contributed by atoms with Gasteiger partial charge < -0.3 is 4.74 Å².